The lowest BCUT2D eigenvalue weighted by Crippen LogP contribution is -2.33. The SMILES string of the molecule is CC(C)(O)CCc1ccc(C(=O)N2C[C@@H]3CCC[C@]3(CO)C2)cc1. The van der Waals surface area contributed by atoms with E-state index in [4.69, 9.17) is 0 Å². The summed E-state index contributed by atoms with van der Waals surface area (Å²) in [7, 11) is 0. The first kappa shape index (κ1) is 17.4. The van der Waals surface area contributed by atoms with Gasteiger partial charge in [0.2, 0.25) is 0 Å². The lowest BCUT2D eigenvalue weighted by molar-refractivity contribution is 0.0710. The van der Waals surface area contributed by atoms with E-state index in [1.165, 1.54) is 6.42 Å². The summed E-state index contributed by atoms with van der Waals surface area (Å²) in [6.07, 6.45) is 4.84. The van der Waals surface area contributed by atoms with Crippen molar-refractivity contribution in [1.82, 2.24) is 4.90 Å². The highest BCUT2D eigenvalue weighted by atomic mass is 16.3. The number of rotatable bonds is 5. The number of aliphatic hydroxyl groups is 2. The molecule has 2 aliphatic rings. The molecule has 2 N–H and O–H groups in total. The van der Waals surface area contributed by atoms with E-state index in [0.717, 1.165) is 36.9 Å². The average molecular weight is 331 g/mol. The Labute approximate surface area is 144 Å². The van der Waals surface area contributed by atoms with E-state index in [1.54, 1.807) is 0 Å². The molecule has 3 rings (SSSR count). The van der Waals surface area contributed by atoms with Crippen LogP contribution in [-0.2, 0) is 6.42 Å². The molecule has 4 heteroatoms. The lowest BCUT2D eigenvalue weighted by atomic mass is 9.82. The van der Waals surface area contributed by atoms with Gasteiger partial charge in [-0.1, -0.05) is 18.6 Å². The molecule has 0 spiro atoms. The van der Waals surface area contributed by atoms with Gasteiger partial charge in [-0.05, 0) is 63.1 Å². The molecule has 0 radical (unpaired) electrons. The Balaban J connectivity index is 1.64. The summed E-state index contributed by atoms with van der Waals surface area (Å²) in [6.45, 7) is 5.28. The summed E-state index contributed by atoms with van der Waals surface area (Å²) in [6, 6.07) is 7.75. The molecule has 1 amide bonds. The second-order valence-corrected chi connectivity index (χ2v) is 8.30. The van der Waals surface area contributed by atoms with Crippen molar-refractivity contribution in [1.29, 1.82) is 0 Å². The largest absolute Gasteiger partial charge is 0.396 e. The van der Waals surface area contributed by atoms with Gasteiger partial charge in [0.25, 0.3) is 5.91 Å². The molecule has 1 aromatic carbocycles. The molecule has 0 aromatic heterocycles. The van der Waals surface area contributed by atoms with Crippen molar-refractivity contribution in [2.45, 2.75) is 51.6 Å². The second kappa shape index (κ2) is 6.49. The molecule has 2 fully saturated rings. The zero-order chi connectivity index (χ0) is 17.4. The number of hydrogen-bond donors (Lipinski definition) is 2. The number of aryl methyl sites for hydroxylation is 1. The first-order valence-electron chi connectivity index (χ1n) is 9.04. The number of hydrogen-bond acceptors (Lipinski definition) is 3. The molecule has 1 saturated carbocycles. The molecule has 1 aromatic rings. The molecule has 4 nitrogen and oxygen atoms in total. The van der Waals surface area contributed by atoms with Crippen molar-refractivity contribution in [3.63, 3.8) is 0 Å². The van der Waals surface area contributed by atoms with Crippen molar-refractivity contribution in [2.75, 3.05) is 19.7 Å². The Hall–Kier alpha value is -1.39. The summed E-state index contributed by atoms with van der Waals surface area (Å²) in [5.74, 6) is 0.531. The highest BCUT2D eigenvalue weighted by Crippen LogP contribution is 2.48. The number of aliphatic hydroxyl groups excluding tert-OH is 1. The molecule has 0 unspecified atom stereocenters. The fraction of sp³-hybridized carbons (Fsp3) is 0.650. The first-order valence-corrected chi connectivity index (χ1v) is 9.04. The topological polar surface area (TPSA) is 60.8 Å². The number of nitrogens with zero attached hydrogens (tertiary/aromatic N) is 1. The Morgan fingerprint density at radius 3 is 2.62 bits per heavy atom. The Kier molecular flexibility index (Phi) is 4.71. The van der Waals surface area contributed by atoms with Crippen LogP contribution >= 0.6 is 0 Å². The molecular weight excluding hydrogens is 302 g/mol. The zero-order valence-corrected chi connectivity index (χ0v) is 14.8. The maximum absolute atomic E-state index is 12.8. The average Bonchev–Trinajstić information content (AvgIpc) is 3.09. The fourth-order valence-electron chi connectivity index (χ4n) is 4.27. The molecular formula is C20H29NO3. The Morgan fingerprint density at radius 1 is 1.33 bits per heavy atom. The highest BCUT2D eigenvalue weighted by Gasteiger charge is 2.50. The highest BCUT2D eigenvalue weighted by molar-refractivity contribution is 5.94. The molecule has 1 heterocycles. The number of carbonyl (C=O) groups is 1. The monoisotopic (exact) mass is 331 g/mol. The van der Waals surface area contributed by atoms with Crippen molar-refractivity contribution in [3.8, 4) is 0 Å². The minimum atomic E-state index is -0.666. The van der Waals surface area contributed by atoms with Gasteiger partial charge in [-0.2, -0.15) is 0 Å². The molecule has 24 heavy (non-hydrogen) atoms. The standard InChI is InChI=1S/C20H29NO3/c1-19(2,24)11-9-15-5-7-16(8-6-15)18(23)21-12-17-4-3-10-20(17,13-21)14-22/h5-8,17,22,24H,3-4,9-14H2,1-2H3/t17-,20+/m0/s1. The molecule has 1 saturated heterocycles. The van der Waals surface area contributed by atoms with E-state index in [9.17, 15) is 15.0 Å². The van der Waals surface area contributed by atoms with E-state index in [0.29, 0.717) is 18.9 Å². The van der Waals surface area contributed by atoms with Gasteiger partial charge in [0.05, 0.1) is 12.2 Å². The minimum Gasteiger partial charge on any atom is -0.396 e. The van der Waals surface area contributed by atoms with Crippen LogP contribution in [0.1, 0.15) is 55.5 Å². The first-order chi connectivity index (χ1) is 11.3. The summed E-state index contributed by atoms with van der Waals surface area (Å²) in [5, 5.41) is 19.6. The van der Waals surface area contributed by atoms with Gasteiger partial charge in [-0.25, -0.2) is 0 Å². The van der Waals surface area contributed by atoms with E-state index in [2.05, 4.69) is 0 Å². The summed E-state index contributed by atoms with van der Waals surface area (Å²) >= 11 is 0. The molecule has 1 aliphatic carbocycles. The maximum atomic E-state index is 12.8. The van der Waals surface area contributed by atoms with Gasteiger partial charge in [-0.15, -0.1) is 0 Å². The molecule has 2 atom stereocenters. The fourth-order valence-corrected chi connectivity index (χ4v) is 4.27. The molecule has 1 aliphatic heterocycles. The van der Waals surface area contributed by atoms with Gasteiger partial charge in [0.15, 0.2) is 0 Å². The van der Waals surface area contributed by atoms with Crippen molar-refractivity contribution >= 4 is 5.91 Å². The minimum absolute atomic E-state index is 0.0533. The van der Waals surface area contributed by atoms with Crippen LogP contribution in [0.25, 0.3) is 0 Å². The Bertz CT molecular complexity index is 590. The third-order valence-electron chi connectivity index (χ3n) is 5.87. The van der Waals surface area contributed by atoms with Crippen molar-refractivity contribution in [2.24, 2.45) is 11.3 Å². The summed E-state index contributed by atoms with van der Waals surface area (Å²) < 4.78 is 0. The van der Waals surface area contributed by atoms with Gasteiger partial charge in [0, 0.05) is 24.1 Å². The lowest BCUT2D eigenvalue weighted by Gasteiger charge is -2.25. The zero-order valence-electron chi connectivity index (χ0n) is 14.8. The van der Waals surface area contributed by atoms with Gasteiger partial charge in [-0.3, -0.25) is 4.79 Å². The summed E-state index contributed by atoms with van der Waals surface area (Å²) in [5.41, 5.74) is 1.14. The number of likely N-dealkylation sites (tertiary alicyclic amines) is 1. The van der Waals surface area contributed by atoms with Crippen LogP contribution in [0.5, 0.6) is 0 Å². The van der Waals surface area contributed by atoms with E-state index in [1.807, 2.05) is 43.0 Å². The third kappa shape index (κ3) is 3.50. The normalized spacial score (nSPS) is 26.7. The molecule has 132 valence electrons. The maximum Gasteiger partial charge on any atom is 0.253 e. The summed E-state index contributed by atoms with van der Waals surface area (Å²) in [4.78, 5) is 14.7. The van der Waals surface area contributed by atoms with Crippen LogP contribution in [0, 0.1) is 11.3 Å². The molecule has 0 bridgehead atoms. The van der Waals surface area contributed by atoms with Crippen molar-refractivity contribution in [3.05, 3.63) is 35.4 Å². The van der Waals surface area contributed by atoms with Crippen LogP contribution in [-0.4, -0.2) is 46.3 Å². The van der Waals surface area contributed by atoms with Crippen LogP contribution in [0.15, 0.2) is 24.3 Å². The van der Waals surface area contributed by atoms with Crippen LogP contribution in [0.3, 0.4) is 0 Å². The van der Waals surface area contributed by atoms with Crippen molar-refractivity contribution < 1.29 is 15.0 Å². The predicted octanol–water partition coefficient (Wildman–Crippen LogP) is 2.62. The van der Waals surface area contributed by atoms with E-state index >= 15 is 0 Å². The van der Waals surface area contributed by atoms with E-state index < -0.39 is 5.60 Å². The van der Waals surface area contributed by atoms with Crippen LogP contribution in [0.4, 0.5) is 0 Å². The quantitative estimate of drug-likeness (QED) is 0.872. The van der Waals surface area contributed by atoms with Gasteiger partial charge in [0.1, 0.15) is 0 Å². The van der Waals surface area contributed by atoms with Crippen LogP contribution in [0.2, 0.25) is 0 Å². The Morgan fingerprint density at radius 2 is 2.04 bits per heavy atom. The van der Waals surface area contributed by atoms with Crippen LogP contribution < -0.4 is 0 Å². The van der Waals surface area contributed by atoms with Gasteiger partial charge >= 0.3 is 0 Å². The predicted molar refractivity (Wildman–Crippen MR) is 93.8 cm³/mol. The smallest absolute Gasteiger partial charge is 0.253 e. The number of carbonyl (C=O) groups excluding carboxylic acids is 1. The second-order valence-electron chi connectivity index (χ2n) is 8.30. The van der Waals surface area contributed by atoms with Gasteiger partial charge < -0.3 is 15.1 Å². The number of benzene rings is 1. The van der Waals surface area contributed by atoms with E-state index in [-0.39, 0.29) is 17.9 Å². The number of fused-ring (bicyclic) bond motifs is 1. The number of amides is 1. The third-order valence-corrected chi connectivity index (χ3v) is 5.87.